The molecule has 4 atom stereocenters. The summed E-state index contributed by atoms with van der Waals surface area (Å²) in [6.07, 6.45) is -1.41. The molecule has 0 spiro atoms. The van der Waals surface area contributed by atoms with Crippen molar-refractivity contribution < 1.29 is 19.4 Å². The number of esters is 1. The predicted molar refractivity (Wildman–Crippen MR) is 50.8 cm³/mol. The highest BCUT2D eigenvalue weighted by Gasteiger charge is 2.70. The summed E-state index contributed by atoms with van der Waals surface area (Å²) in [5.41, 5.74) is -1.19. The van der Waals surface area contributed by atoms with Gasteiger partial charge in [0, 0.05) is 0 Å². The second-order valence-corrected chi connectivity index (χ2v) is 4.66. The van der Waals surface area contributed by atoms with Gasteiger partial charge in [-0.25, -0.2) is 4.79 Å². The lowest BCUT2D eigenvalue weighted by molar-refractivity contribution is -0.206. The van der Waals surface area contributed by atoms with Crippen LogP contribution in [0.4, 0.5) is 0 Å². The molecule has 0 aliphatic carbocycles. The van der Waals surface area contributed by atoms with E-state index in [0.29, 0.717) is 0 Å². The number of hydrogen-bond donors (Lipinski definition) is 2. The van der Waals surface area contributed by atoms with Crippen LogP contribution in [0.1, 0.15) is 20.8 Å². The van der Waals surface area contributed by atoms with Crippen molar-refractivity contribution in [2.75, 3.05) is 0 Å². The normalized spacial score (nSPS) is 40.6. The number of hydrogen-bond acceptors (Lipinski definition) is 4. The Labute approximate surface area is 87.8 Å². The van der Waals surface area contributed by atoms with E-state index in [0.717, 1.165) is 0 Å². The van der Waals surface area contributed by atoms with Crippen LogP contribution in [0.5, 0.6) is 0 Å². The number of fused-ring (bicyclic) bond motifs is 1. The molecule has 2 N–H and O–H groups in total. The van der Waals surface area contributed by atoms with Gasteiger partial charge < -0.3 is 15.2 Å². The second-order valence-electron chi connectivity index (χ2n) is 4.66. The third-order valence-corrected chi connectivity index (χ3v) is 3.32. The van der Waals surface area contributed by atoms with E-state index in [1.54, 1.807) is 20.8 Å². The lowest BCUT2D eigenvalue weighted by Gasteiger charge is -2.46. The molecule has 2 fully saturated rings. The van der Waals surface area contributed by atoms with Crippen LogP contribution < -0.4 is 5.32 Å². The number of rotatable bonds is 2. The molecule has 15 heavy (non-hydrogen) atoms. The number of aliphatic hydroxyl groups excluding tert-OH is 1. The fourth-order valence-corrected chi connectivity index (χ4v) is 2.33. The Balaban J connectivity index is 2.33. The van der Waals surface area contributed by atoms with Crippen molar-refractivity contribution in [3.05, 3.63) is 0 Å². The van der Waals surface area contributed by atoms with Crippen LogP contribution in [0.15, 0.2) is 0 Å². The van der Waals surface area contributed by atoms with E-state index < -0.39 is 23.7 Å². The lowest BCUT2D eigenvalue weighted by atomic mass is 9.76. The van der Waals surface area contributed by atoms with Crippen LogP contribution in [-0.2, 0) is 14.3 Å². The van der Waals surface area contributed by atoms with E-state index in [1.165, 1.54) is 0 Å². The molecule has 0 bridgehead atoms. The van der Waals surface area contributed by atoms with Crippen molar-refractivity contribution in [1.29, 1.82) is 0 Å². The Morgan fingerprint density at radius 1 is 1.47 bits per heavy atom. The Bertz CT molecular complexity index is 327. The number of aliphatic hydroxyl groups is 1. The predicted octanol–water partition coefficient (Wildman–Crippen LogP) is -0.567. The average molecular weight is 213 g/mol. The van der Waals surface area contributed by atoms with Gasteiger partial charge in [-0.2, -0.15) is 0 Å². The summed E-state index contributed by atoms with van der Waals surface area (Å²) in [5, 5.41) is 12.6. The standard InChI is InChI=1S/C10H15NO4/c1-4(2)6(12)10-7(15-9(10)14)5(3)8(13)11-10/h4-7,12H,1-3H3,(H,11,13)/t5-,6+,7+,10+/m1/s1. The van der Waals surface area contributed by atoms with Crippen LogP contribution in [0.2, 0.25) is 0 Å². The molecule has 1 amide bonds. The minimum Gasteiger partial charge on any atom is -0.456 e. The zero-order valence-corrected chi connectivity index (χ0v) is 8.98. The summed E-state index contributed by atoms with van der Waals surface area (Å²) in [7, 11) is 0. The van der Waals surface area contributed by atoms with Crippen LogP contribution >= 0.6 is 0 Å². The van der Waals surface area contributed by atoms with Crippen molar-refractivity contribution in [3.63, 3.8) is 0 Å². The minimum absolute atomic E-state index is 0.106. The molecule has 0 aromatic carbocycles. The third-order valence-electron chi connectivity index (χ3n) is 3.32. The minimum atomic E-state index is -1.19. The highest BCUT2D eigenvalue weighted by molar-refractivity contribution is 5.99. The molecular formula is C10H15NO4. The zero-order chi connectivity index (χ0) is 11.4. The number of ether oxygens (including phenoxy) is 1. The molecule has 2 aliphatic heterocycles. The fourth-order valence-electron chi connectivity index (χ4n) is 2.33. The molecule has 5 heteroatoms. The van der Waals surface area contributed by atoms with Crippen molar-refractivity contribution >= 4 is 11.9 Å². The van der Waals surface area contributed by atoms with Gasteiger partial charge in [-0.05, 0) is 12.8 Å². The molecule has 0 radical (unpaired) electrons. The largest absolute Gasteiger partial charge is 0.456 e. The molecule has 0 unspecified atom stereocenters. The molecule has 5 nitrogen and oxygen atoms in total. The first-order valence-electron chi connectivity index (χ1n) is 5.12. The van der Waals surface area contributed by atoms with E-state index in [4.69, 9.17) is 4.74 Å². The summed E-state index contributed by atoms with van der Waals surface area (Å²) < 4.78 is 4.94. The number of nitrogens with one attached hydrogen (secondary N) is 1. The molecule has 0 saturated carbocycles. The van der Waals surface area contributed by atoms with Crippen LogP contribution in [0, 0.1) is 11.8 Å². The van der Waals surface area contributed by atoms with Crippen molar-refractivity contribution in [2.45, 2.75) is 38.5 Å². The van der Waals surface area contributed by atoms with Crippen LogP contribution in [0.3, 0.4) is 0 Å². The Morgan fingerprint density at radius 3 is 2.47 bits per heavy atom. The van der Waals surface area contributed by atoms with Crippen molar-refractivity contribution in [3.8, 4) is 0 Å². The SMILES string of the molecule is CC(C)[C@H](O)[C@]12NC(=O)[C@H](C)[C@@H]1OC2=O. The van der Waals surface area contributed by atoms with Crippen LogP contribution in [-0.4, -0.2) is 34.7 Å². The summed E-state index contributed by atoms with van der Waals surface area (Å²) in [5.74, 6) is -1.24. The number of carbonyl (C=O) groups excluding carboxylic acids is 2. The lowest BCUT2D eigenvalue weighted by Crippen LogP contribution is -2.73. The third kappa shape index (κ3) is 1.07. The maximum absolute atomic E-state index is 11.5. The monoisotopic (exact) mass is 213 g/mol. The first-order chi connectivity index (χ1) is 6.91. The van der Waals surface area contributed by atoms with Crippen molar-refractivity contribution in [1.82, 2.24) is 5.32 Å². The Hall–Kier alpha value is -1.10. The fraction of sp³-hybridized carbons (Fsp3) is 0.800. The summed E-state index contributed by atoms with van der Waals surface area (Å²) in [6, 6.07) is 0. The molecule has 2 aliphatic rings. The molecule has 2 heterocycles. The van der Waals surface area contributed by atoms with Gasteiger partial charge in [0.15, 0.2) is 0 Å². The average Bonchev–Trinajstić information content (AvgIpc) is 2.37. The maximum Gasteiger partial charge on any atom is 0.338 e. The van der Waals surface area contributed by atoms with E-state index >= 15 is 0 Å². The molecule has 0 aromatic heterocycles. The van der Waals surface area contributed by atoms with E-state index in [-0.39, 0.29) is 17.7 Å². The van der Waals surface area contributed by atoms with Crippen LogP contribution in [0.25, 0.3) is 0 Å². The summed E-state index contributed by atoms with van der Waals surface area (Å²) >= 11 is 0. The van der Waals surface area contributed by atoms with Gasteiger partial charge in [0.25, 0.3) is 0 Å². The van der Waals surface area contributed by atoms with E-state index in [1.807, 2.05) is 0 Å². The summed E-state index contributed by atoms with van der Waals surface area (Å²) in [6.45, 7) is 5.30. The number of carbonyl (C=O) groups is 2. The molecule has 2 rings (SSSR count). The van der Waals surface area contributed by atoms with Gasteiger partial charge in [0.05, 0.1) is 12.0 Å². The number of amides is 1. The van der Waals surface area contributed by atoms with Gasteiger partial charge in [-0.3, -0.25) is 4.79 Å². The van der Waals surface area contributed by atoms with Gasteiger partial charge >= 0.3 is 5.97 Å². The van der Waals surface area contributed by atoms with Gasteiger partial charge in [0.2, 0.25) is 11.4 Å². The van der Waals surface area contributed by atoms with Gasteiger partial charge in [-0.1, -0.05) is 13.8 Å². The first-order valence-corrected chi connectivity index (χ1v) is 5.12. The Kier molecular flexibility index (Phi) is 2.05. The van der Waals surface area contributed by atoms with Crippen molar-refractivity contribution in [2.24, 2.45) is 11.8 Å². The van der Waals surface area contributed by atoms with Gasteiger partial charge in [0.1, 0.15) is 6.10 Å². The van der Waals surface area contributed by atoms with E-state index in [9.17, 15) is 14.7 Å². The molecule has 2 saturated heterocycles. The Morgan fingerprint density at radius 2 is 2.07 bits per heavy atom. The molecule has 0 aromatic rings. The molecular weight excluding hydrogens is 198 g/mol. The second kappa shape index (κ2) is 2.95. The smallest absolute Gasteiger partial charge is 0.338 e. The van der Waals surface area contributed by atoms with Gasteiger partial charge in [-0.15, -0.1) is 0 Å². The topological polar surface area (TPSA) is 75.6 Å². The maximum atomic E-state index is 11.5. The summed E-state index contributed by atoms with van der Waals surface area (Å²) in [4.78, 5) is 22.9. The first kappa shape index (κ1) is 10.4. The molecule has 84 valence electrons. The highest BCUT2D eigenvalue weighted by atomic mass is 16.6. The highest BCUT2D eigenvalue weighted by Crippen LogP contribution is 2.42. The quantitative estimate of drug-likeness (QED) is 0.602. The van der Waals surface area contributed by atoms with E-state index in [2.05, 4.69) is 5.32 Å². The zero-order valence-electron chi connectivity index (χ0n) is 8.98.